The second-order valence-electron chi connectivity index (χ2n) is 5.62. The van der Waals surface area contributed by atoms with E-state index in [1.54, 1.807) is 34.6 Å². The van der Waals surface area contributed by atoms with E-state index < -0.39 is 5.91 Å². The molecule has 0 bridgehead atoms. The fourth-order valence-corrected chi connectivity index (χ4v) is 3.05. The largest absolute Gasteiger partial charge is 0.493 e. The molecule has 0 aliphatic carbocycles. The van der Waals surface area contributed by atoms with Crippen molar-refractivity contribution in [3.63, 3.8) is 0 Å². The van der Waals surface area contributed by atoms with E-state index in [2.05, 4.69) is 31.4 Å². The van der Waals surface area contributed by atoms with Crippen LogP contribution in [0.5, 0.6) is 5.88 Å². The van der Waals surface area contributed by atoms with Gasteiger partial charge in [-0.1, -0.05) is 21.1 Å². The lowest BCUT2D eigenvalue weighted by Crippen LogP contribution is -2.18. The Morgan fingerprint density at radius 1 is 1.38 bits per heavy atom. The number of carbonyl (C=O) groups is 1. The van der Waals surface area contributed by atoms with Gasteiger partial charge in [-0.05, 0) is 29.8 Å². The third kappa shape index (κ3) is 3.58. The van der Waals surface area contributed by atoms with Crippen molar-refractivity contribution in [3.8, 4) is 5.88 Å². The van der Waals surface area contributed by atoms with Gasteiger partial charge in [0, 0.05) is 22.8 Å². The van der Waals surface area contributed by atoms with Gasteiger partial charge in [-0.15, -0.1) is 10.0 Å². The highest BCUT2D eigenvalue weighted by Gasteiger charge is 2.18. The third-order valence-electron chi connectivity index (χ3n) is 3.89. The van der Waals surface area contributed by atoms with Gasteiger partial charge in [0.2, 0.25) is 11.8 Å². The molecule has 0 unspecified atom stereocenters. The first-order valence-electron chi connectivity index (χ1n) is 7.69. The molecule has 136 valence electrons. The number of aromatic nitrogens is 4. The van der Waals surface area contributed by atoms with Crippen molar-refractivity contribution in [2.24, 2.45) is 5.18 Å². The van der Waals surface area contributed by atoms with Gasteiger partial charge in [-0.2, -0.15) is 0 Å². The smallest absolute Gasteiger partial charge is 0.243 e. The van der Waals surface area contributed by atoms with Gasteiger partial charge in [0.05, 0.1) is 18.3 Å². The maximum Gasteiger partial charge on any atom is 0.243 e. The zero-order valence-electron chi connectivity index (χ0n) is 13.5. The number of hydrogen-bond acceptors (Lipinski definition) is 7. The molecule has 0 fully saturated rings. The first kappa shape index (κ1) is 18.0. The van der Waals surface area contributed by atoms with E-state index in [0.717, 1.165) is 4.47 Å². The molecule has 10 nitrogen and oxygen atoms in total. The van der Waals surface area contributed by atoms with E-state index >= 15 is 0 Å². The van der Waals surface area contributed by atoms with Crippen LogP contribution in [0.1, 0.15) is 18.5 Å². The Bertz CT molecular complexity index is 967. The summed E-state index contributed by atoms with van der Waals surface area (Å²) in [7, 11) is 0. The predicted molar refractivity (Wildman–Crippen MR) is 95.0 cm³/mol. The van der Waals surface area contributed by atoms with Crippen LogP contribution in [0.3, 0.4) is 0 Å². The van der Waals surface area contributed by atoms with Crippen LogP contribution in [0.25, 0.3) is 10.9 Å². The topological polar surface area (TPSA) is 135 Å². The molecule has 0 aliphatic heterocycles. The molecule has 26 heavy (non-hydrogen) atoms. The van der Waals surface area contributed by atoms with Crippen LogP contribution in [0.4, 0.5) is 5.69 Å². The molecule has 0 spiro atoms. The van der Waals surface area contributed by atoms with Gasteiger partial charge in [0.1, 0.15) is 5.69 Å². The Balaban J connectivity index is 1.80. The van der Waals surface area contributed by atoms with Crippen molar-refractivity contribution in [2.45, 2.75) is 25.9 Å². The molecule has 3 rings (SSSR count). The van der Waals surface area contributed by atoms with Crippen LogP contribution in [0.15, 0.2) is 34.0 Å². The first-order valence-corrected chi connectivity index (χ1v) is 8.48. The zero-order chi connectivity index (χ0) is 18.7. The van der Waals surface area contributed by atoms with Crippen LogP contribution in [-0.4, -0.2) is 35.8 Å². The van der Waals surface area contributed by atoms with E-state index in [4.69, 9.17) is 5.21 Å². The van der Waals surface area contributed by atoms with Crippen LogP contribution in [0, 0.1) is 4.91 Å². The van der Waals surface area contributed by atoms with Gasteiger partial charge >= 0.3 is 0 Å². The molecule has 0 atom stereocenters. The van der Waals surface area contributed by atoms with Crippen molar-refractivity contribution in [1.29, 1.82) is 0 Å². The summed E-state index contributed by atoms with van der Waals surface area (Å²) in [5.41, 5.74) is 2.77. The number of nitroso groups, excluding NO2 is 1. The normalized spacial score (nSPS) is 11.0. The second-order valence-corrected chi connectivity index (χ2v) is 6.54. The minimum Gasteiger partial charge on any atom is -0.493 e. The minimum atomic E-state index is -0.464. The molecule has 0 aliphatic rings. The Labute approximate surface area is 155 Å². The predicted octanol–water partition coefficient (Wildman–Crippen LogP) is 2.43. The summed E-state index contributed by atoms with van der Waals surface area (Å²) < 4.78 is 3.87. The van der Waals surface area contributed by atoms with Crippen molar-refractivity contribution >= 4 is 38.4 Å². The summed E-state index contributed by atoms with van der Waals surface area (Å²) in [6, 6.07) is 5.28. The molecule has 0 saturated heterocycles. The fraction of sp³-hybridized carbons (Fsp3) is 0.267. The molecule has 3 aromatic rings. The standard InChI is InChI=1S/C15H15BrN6O4/c16-9-3-4-12-11(6-9)14(19-26)15(24)22(12)8-10-7-21(20-17-10)5-1-2-13(23)18-25/h3-4,6-7,24-25H,1-2,5,8H2,(H,18,23). The summed E-state index contributed by atoms with van der Waals surface area (Å²) in [4.78, 5) is 22.1. The van der Waals surface area contributed by atoms with Gasteiger partial charge in [-0.25, -0.2) is 5.48 Å². The van der Waals surface area contributed by atoms with Crippen LogP contribution >= 0.6 is 15.9 Å². The number of hydrogen-bond donors (Lipinski definition) is 3. The Hall–Kier alpha value is -2.79. The molecular weight excluding hydrogens is 408 g/mol. The highest BCUT2D eigenvalue weighted by molar-refractivity contribution is 9.10. The van der Waals surface area contributed by atoms with Crippen LogP contribution in [-0.2, 0) is 17.9 Å². The molecular formula is C15H15BrN6O4. The third-order valence-corrected chi connectivity index (χ3v) is 4.38. The number of fused-ring (bicyclic) bond motifs is 1. The molecule has 2 aromatic heterocycles. The number of hydroxylamine groups is 1. The highest BCUT2D eigenvalue weighted by atomic mass is 79.9. The number of halogens is 1. The van der Waals surface area contributed by atoms with Crippen LogP contribution in [0.2, 0.25) is 0 Å². The number of benzene rings is 1. The van der Waals surface area contributed by atoms with Gasteiger partial charge in [0.25, 0.3) is 0 Å². The number of nitrogens with zero attached hydrogens (tertiary/aromatic N) is 5. The second kappa shape index (κ2) is 7.62. The summed E-state index contributed by atoms with van der Waals surface area (Å²) in [5, 5.41) is 30.3. The van der Waals surface area contributed by atoms with Crippen molar-refractivity contribution in [2.75, 3.05) is 0 Å². The highest BCUT2D eigenvalue weighted by Crippen LogP contribution is 2.39. The maximum atomic E-state index is 11.1. The molecule has 2 heterocycles. The number of rotatable bonds is 7. The quantitative estimate of drug-likeness (QED) is 0.304. The molecule has 1 aromatic carbocycles. The van der Waals surface area contributed by atoms with E-state index in [0.29, 0.717) is 29.6 Å². The Morgan fingerprint density at radius 2 is 2.19 bits per heavy atom. The summed E-state index contributed by atoms with van der Waals surface area (Å²) in [6.07, 6.45) is 2.34. The van der Waals surface area contributed by atoms with E-state index in [9.17, 15) is 14.8 Å². The number of aryl methyl sites for hydroxylation is 1. The SMILES string of the molecule is O=Nc1c(O)n(Cc2cn(CCCC(=O)NO)nn2)c2ccc(Br)cc12. The lowest BCUT2D eigenvalue weighted by Gasteiger charge is -2.04. The van der Waals surface area contributed by atoms with Crippen LogP contribution < -0.4 is 5.48 Å². The average molecular weight is 423 g/mol. The van der Waals surface area contributed by atoms with Crippen molar-refractivity contribution in [1.82, 2.24) is 25.0 Å². The molecule has 11 heteroatoms. The van der Waals surface area contributed by atoms with E-state index in [1.807, 2.05) is 0 Å². The van der Waals surface area contributed by atoms with E-state index in [-0.39, 0.29) is 24.5 Å². The maximum absolute atomic E-state index is 11.1. The number of nitrogens with one attached hydrogen (secondary N) is 1. The van der Waals surface area contributed by atoms with Gasteiger partial charge < -0.3 is 9.67 Å². The van der Waals surface area contributed by atoms with Crippen molar-refractivity contribution < 1.29 is 15.1 Å². The zero-order valence-corrected chi connectivity index (χ0v) is 15.0. The van der Waals surface area contributed by atoms with Crippen molar-refractivity contribution in [3.05, 3.63) is 39.5 Å². The average Bonchev–Trinajstić information content (AvgIpc) is 3.17. The number of amides is 1. The number of aromatic hydroxyl groups is 1. The molecule has 0 saturated carbocycles. The lowest BCUT2D eigenvalue weighted by atomic mass is 10.2. The fourth-order valence-electron chi connectivity index (χ4n) is 2.69. The summed E-state index contributed by atoms with van der Waals surface area (Å²) in [6.45, 7) is 0.656. The lowest BCUT2D eigenvalue weighted by molar-refractivity contribution is -0.129. The first-order chi connectivity index (χ1) is 12.5. The summed E-state index contributed by atoms with van der Waals surface area (Å²) >= 11 is 3.33. The minimum absolute atomic E-state index is 0.0243. The summed E-state index contributed by atoms with van der Waals surface area (Å²) in [5.74, 6) is -0.698. The Morgan fingerprint density at radius 3 is 2.92 bits per heavy atom. The Kier molecular flexibility index (Phi) is 5.28. The van der Waals surface area contributed by atoms with Gasteiger partial charge in [-0.3, -0.25) is 14.7 Å². The molecule has 0 radical (unpaired) electrons. The number of carbonyl (C=O) groups excluding carboxylic acids is 1. The van der Waals surface area contributed by atoms with Gasteiger partial charge in [0.15, 0.2) is 5.69 Å². The molecule has 1 amide bonds. The van der Waals surface area contributed by atoms with E-state index in [1.165, 1.54) is 4.57 Å². The molecule has 3 N–H and O–H groups in total. The monoisotopic (exact) mass is 422 g/mol.